The summed E-state index contributed by atoms with van der Waals surface area (Å²) >= 11 is 0. The lowest BCUT2D eigenvalue weighted by Gasteiger charge is -2.26. The molecule has 7 heteroatoms. The first-order valence-corrected chi connectivity index (χ1v) is 7.72. The number of anilines is 1. The van der Waals surface area contributed by atoms with Crippen LogP contribution < -0.4 is 5.73 Å². The van der Waals surface area contributed by atoms with Crippen LogP contribution in [0, 0.1) is 5.92 Å². The normalized spacial score (nSPS) is 15.0. The number of nitrogens with two attached hydrogens (primary N) is 1. The Bertz CT molecular complexity index is 790. The molecule has 3 rings (SSSR count). The molecular weight excluding hydrogens is 308 g/mol. The van der Waals surface area contributed by atoms with Crippen molar-refractivity contribution >= 4 is 23.5 Å². The summed E-state index contributed by atoms with van der Waals surface area (Å²) < 4.78 is 1.09. The van der Waals surface area contributed by atoms with E-state index in [9.17, 15) is 14.4 Å². The summed E-state index contributed by atoms with van der Waals surface area (Å²) in [7, 11) is 0. The Morgan fingerprint density at radius 3 is 2.17 bits per heavy atom. The summed E-state index contributed by atoms with van der Waals surface area (Å²) in [6, 6.07) is 7.16. The van der Waals surface area contributed by atoms with E-state index >= 15 is 0 Å². The molecule has 0 bridgehead atoms. The standard InChI is InChI=1S/C17H18N4O3/c1-10(2)9-13(17(24)20-8-7-14(18)19-20)21-15(22)11-5-3-4-6-12(11)16(21)23/h3-8,10,13H,9H2,1-2H3,(H2,18,19). The third-order valence-corrected chi connectivity index (χ3v) is 3.95. The molecule has 0 fully saturated rings. The van der Waals surface area contributed by atoms with Gasteiger partial charge in [-0.2, -0.15) is 0 Å². The molecule has 1 aliphatic heterocycles. The van der Waals surface area contributed by atoms with Crippen molar-refractivity contribution in [2.75, 3.05) is 5.73 Å². The van der Waals surface area contributed by atoms with Crippen LogP contribution in [0.2, 0.25) is 0 Å². The molecule has 2 N–H and O–H groups in total. The van der Waals surface area contributed by atoms with Crippen LogP contribution >= 0.6 is 0 Å². The number of benzene rings is 1. The predicted octanol–water partition coefficient (Wildman–Crippen LogP) is 1.82. The van der Waals surface area contributed by atoms with Gasteiger partial charge in [-0.3, -0.25) is 19.3 Å². The molecule has 1 aromatic carbocycles. The molecule has 0 radical (unpaired) electrons. The van der Waals surface area contributed by atoms with Gasteiger partial charge in [0, 0.05) is 12.3 Å². The van der Waals surface area contributed by atoms with Crippen LogP contribution in [0.15, 0.2) is 36.5 Å². The second-order valence-electron chi connectivity index (χ2n) is 6.19. The highest BCUT2D eigenvalue weighted by molar-refractivity contribution is 6.22. The summed E-state index contributed by atoms with van der Waals surface area (Å²) in [5, 5.41) is 3.91. The molecule has 1 unspecified atom stereocenters. The molecule has 0 saturated heterocycles. The Morgan fingerprint density at radius 1 is 1.12 bits per heavy atom. The van der Waals surface area contributed by atoms with Crippen molar-refractivity contribution in [3.8, 4) is 0 Å². The topological polar surface area (TPSA) is 98.3 Å². The summed E-state index contributed by atoms with van der Waals surface area (Å²) in [6.45, 7) is 3.85. The smallest absolute Gasteiger partial charge is 0.270 e. The highest BCUT2D eigenvalue weighted by Gasteiger charge is 2.43. The van der Waals surface area contributed by atoms with Crippen LogP contribution in [-0.4, -0.2) is 38.4 Å². The minimum Gasteiger partial charge on any atom is -0.382 e. The van der Waals surface area contributed by atoms with Gasteiger partial charge in [0.2, 0.25) is 0 Å². The van der Waals surface area contributed by atoms with Gasteiger partial charge in [-0.05, 0) is 24.5 Å². The van der Waals surface area contributed by atoms with Crippen LogP contribution in [0.4, 0.5) is 5.82 Å². The minimum atomic E-state index is -0.920. The van der Waals surface area contributed by atoms with Crippen molar-refractivity contribution in [2.24, 2.45) is 5.92 Å². The lowest BCUT2D eigenvalue weighted by Crippen LogP contribution is -2.47. The first-order valence-electron chi connectivity index (χ1n) is 7.72. The number of aromatic nitrogens is 2. The molecule has 0 spiro atoms. The van der Waals surface area contributed by atoms with Gasteiger partial charge in [0.1, 0.15) is 11.9 Å². The van der Waals surface area contributed by atoms with E-state index in [1.807, 2.05) is 13.8 Å². The van der Waals surface area contributed by atoms with Gasteiger partial charge in [0.15, 0.2) is 0 Å². The van der Waals surface area contributed by atoms with E-state index in [0.29, 0.717) is 17.5 Å². The number of nitrogen functional groups attached to an aromatic ring is 1. The molecule has 0 saturated carbocycles. The second-order valence-corrected chi connectivity index (χ2v) is 6.19. The van der Waals surface area contributed by atoms with Crippen molar-refractivity contribution < 1.29 is 14.4 Å². The van der Waals surface area contributed by atoms with Gasteiger partial charge in [-0.1, -0.05) is 26.0 Å². The summed E-state index contributed by atoms with van der Waals surface area (Å²) in [4.78, 5) is 39.2. The molecular formula is C17H18N4O3. The zero-order chi connectivity index (χ0) is 17.4. The number of imide groups is 1. The Balaban J connectivity index is 2.00. The highest BCUT2D eigenvalue weighted by atomic mass is 16.2. The fourth-order valence-electron chi connectivity index (χ4n) is 2.87. The summed E-state index contributed by atoms with van der Waals surface area (Å²) in [5.74, 6) is -1.04. The maximum Gasteiger partial charge on any atom is 0.270 e. The zero-order valence-electron chi connectivity index (χ0n) is 13.5. The van der Waals surface area contributed by atoms with Crippen LogP contribution in [0.3, 0.4) is 0 Å². The number of rotatable bonds is 4. The first kappa shape index (κ1) is 15.9. The molecule has 2 aromatic rings. The lowest BCUT2D eigenvalue weighted by atomic mass is 10.0. The minimum absolute atomic E-state index is 0.108. The SMILES string of the molecule is CC(C)CC(C(=O)n1ccc(N)n1)N1C(=O)c2ccccc2C1=O. The number of carbonyl (C=O) groups excluding carboxylic acids is 3. The second kappa shape index (κ2) is 5.92. The van der Waals surface area contributed by atoms with Crippen molar-refractivity contribution in [1.82, 2.24) is 14.7 Å². The van der Waals surface area contributed by atoms with Gasteiger partial charge in [0.05, 0.1) is 11.1 Å². The molecule has 124 valence electrons. The molecule has 24 heavy (non-hydrogen) atoms. The van der Waals surface area contributed by atoms with E-state index in [1.165, 1.54) is 12.3 Å². The average molecular weight is 326 g/mol. The quantitative estimate of drug-likeness (QED) is 0.864. The van der Waals surface area contributed by atoms with E-state index < -0.39 is 23.8 Å². The fraction of sp³-hybridized carbons (Fsp3) is 0.294. The zero-order valence-corrected chi connectivity index (χ0v) is 13.5. The first-order chi connectivity index (χ1) is 11.4. The highest BCUT2D eigenvalue weighted by Crippen LogP contribution is 2.27. The van der Waals surface area contributed by atoms with Crippen LogP contribution in [0.5, 0.6) is 0 Å². The van der Waals surface area contributed by atoms with Crippen LogP contribution in [0.25, 0.3) is 0 Å². The Morgan fingerprint density at radius 2 is 1.71 bits per heavy atom. The van der Waals surface area contributed by atoms with Gasteiger partial charge in [-0.25, -0.2) is 4.68 Å². The maximum absolute atomic E-state index is 12.8. The number of nitrogens with zero attached hydrogens (tertiary/aromatic N) is 3. The maximum atomic E-state index is 12.8. The van der Waals surface area contributed by atoms with Gasteiger partial charge in [0.25, 0.3) is 17.7 Å². The van der Waals surface area contributed by atoms with Crippen molar-refractivity contribution in [3.05, 3.63) is 47.7 Å². The van der Waals surface area contributed by atoms with E-state index in [4.69, 9.17) is 5.73 Å². The molecule has 7 nitrogen and oxygen atoms in total. The molecule has 0 aliphatic carbocycles. The number of hydrogen-bond acceptors (Lipinski definition) is 5. The average Bonchev–Trinajstić information content (AvgIpc) is 3.08. The van der Waals surface area contributed by atoms with Crippen LogP contribution in [-0.2, 0) is 0 Å². The van der Waals surface area contributed by atoms with E-state index in [0.717, 1.165) is 9.58 Å². The van der Waals surface area contributed by atoms with Gasteiger partial charge >= 0.3 is 0 Å². The molecule has 1 atom stereocenters. The molecule has 1 aliphatic rings. The Hall–Kier alpha value is -2.96. The molecule has 2 amide bonds. The summed E-state index contributed by atoms with van der Waals surface area (Å²) in [6.07, 6.45) is 1.78. The number of carbonyl (C=O) groups is 3. The molecule has 1 aromatic heterocycles. The largest absolute Gasteiger partial charge is 0.382 e. The third-order valence-electron chi connectivity index (χ3n) is 3.95. The Labute approximate surface area is 139 Å². The van der Waals surface area contributed by atoms with Gasteiger partial charge < -0.3 is 5.73 Å². The third kappa shape index (κ3) is 2.58. The predicted molar refractivity (Wildman–Crippen MR) is 87.5 cm³/mol. The van der Waals surface area contributed by atoms with E-state index in [1.54, 1.807) is 24.3 Å². The van der Waals surface area contributed by atoms with E-state index in [2.05, 4.69) is 5.10 Å². The number of fused-ring (bicyclic) bond motifs is 1. The van der Waals surface area contributed by atoms with Crippen molar-refractivity contribution in [2.45, 2.75) is 26.3 Å². The van der Waals surface area contributed by atoms with Gasteiger partial charge in [-0.15, -0.1) is 5.10 Å². The monoisotopic (exact) mass is 326 g/mol. The van der Waals surface area contributed by atoms with Crippen LogP contribution in [0.1, 0.15) is 45.8 Å². The Kier molecular flexibility index (Phi) is 3.92. The number of hydrogen-bond donors (Lipinski definition) is 1. The van der Waals surface area contributed by atoms with Crippen molar-refractivity contribution in [3.63, 3.8) is 0 Å². The van der Waals surface area contributed by atoms with E-state index in [-0.39, 0.29) is 11.7 Å². The number of amides is 2. The lowest BCUT2D eigenvalue weighted by molar-refractivity contribution is 0.0486. The fourth-order valence-corrected chi connectivity index (χ4v) is 2.87. The summed E-state index contributed by atoms with van der Waals surface area (Å²) in [5.41, 5.74) is 6.21. The molecule has 2 heterocycles. The van der Waals surface area contributed by atoms with Crippen molar-refractivity contribution in [1.29, 1.82) is 0 Å².